The Hall–Kier alpha value is -1.23. The van der Waals surface area contributed by atoms with Crippen LogP contribution in [0.5, 0.6) is 0 Å². The van der Waals surface area contributed by atoms with Crippen LogP contribution < -0.4 is 4.90 Å². The van der Waals surface area contributed by atoms with Gasteiger partial charge in [-0.05, 0) is 25.0 Å². The number of benzene rings is 1. The number of alkyl halides is 1. The third-order valence-electron chi connectivity index (χ3n) is 3.15. The molecule has 1 aromatic carbocycles. The maximum Gasteiger partial charge on any atom is 0.243 e. The minimum atomic E-state index is -0.213. The lowest BCUT2D eigenvalue weighted by Gasteiger charge is -2.26. The van der Waals surface area contributed by atoms with Gasteiger partial charge in [0.2, 0.25) is 5.91 Å². The van der Waals surface area contributed by atoms with Crippen molar-refractivity contribution in [3.05, 3.63) is 46.0 Å². The average molecular weight is 347 g/mol. The number of aryl methyl sites for hydroxylation is 2. The minimum absolute atomic E-state index is 0.117. The summed E-state index contributed by atoms with van der Waals surface area (Å²) in [6, 6.07) is 5.83. The summed E-state index contributed by atoms with van der Waals surface area (Å²) in [5, 5.41) is 0.492. The molecular formula is C14H14Cl3N3O. The quantitative estimate of drug-likeness (QED) is 0.784. The van der Waals surface area contributed by atoms with Crippen LogP contribution in [-0.4, -0.2) is 21.3 Å². The maximum absolute atomic E-state index is 12.2. The van der Waals surface area contributed by atoms with Crippen LogP contribution >= 0.6 is 34.8 Å². The first-order valence-electron chi connectivity index (χ1n) is 6.24. The number of para-hydroxylation sites is 1. The monoisotopic (exact) mass is 345 g/mol. The molecule has 0 aliphatic carbocycles. The van der Waals surface area contributed by atoms with E-state index in [0.717, 1.165) is 16.8 Å². The number of aromatic nitrogens is 2. The third kappa shape index (κ3) is 3.34. The highest BCUT2D eigenvalue weighted by atomic mass is 35.5. The van der Waals surface area contributed by atoms with Gasteiger partial charge < -0.3 is 4.57 Å². The molecule has 2 aromatic rings. The van der Waals surface area contributed by atoms with Crippen molar-refractivity contribution >= 4 is 46.4 Å². The van der Waals surface area contributed by atoms with Crippen LogP contribution in [0.1, 0.15) is 11.1 Å². The first kappa shape index (κ1) is 16.1. The Morgan fingerprint density at radius 1 is 1.29 bits per heavy atom. The fourth-order valence-electron chi connectivity index (χ4n) is 2.17. The number of rotatable bonds is 4. The molecule has 0 aliphatic heterocycles. The molecule has 112 valence electrons. The fourth-order valence-corrected chi connectivity index (χ4v) is 2.61. The second-order valence-corrected chi connectivity index (χ2v) is 5.62. The number of anilines is 1. The number of nitrogens with zero attached hydrogens (tertiary/aromatic N) is 3. The molecule has 1 heterocycles. The summed E-state index contributed by atoms with van der Waals surface area (Å²) in [5.41, 5.74) is 2.79. The first-order chi connectivity index (χ1) is 9.95. The van der Waals surface area contributed by atoms with Crippen LogP contribution in [0.3, 0.4) is 0 Å². The predicted molar refractivity (Wildman–Crippen MR) is 86.4 cm³/mol. The molecule has 0 bridgehead atoms. The molecule has 21 heavy (non-hydrogen) atoms. The summed E-state index contributed by atoms with van der Waals surface area (Å²) in [6.07, 6.45) is 1.49. The van der Waals surface area contributed by atoms with Gasteiger partial charge in [0.05, 0.1) is 12.0 Å². The molecule has 7 heteroatoms. The van der Waals surface area contributed by atoms with E-state index in [0.29, 0.717) is 0 Å². The SMILES string of the molecule is Cc1cccc(C)c1N(Cn1cnc(Cl)c1Cl)C(=O)CCl. The molecule has 0 saturated carbocycles. The van der Waals surface area contributed by atoms with Gasteiger partial charge in [-0.15, -0.1) is 11.6 Å². The van der Waals surface area contributed by atoms with Crippen molar-refractivity contribution in [3.8, 4) is 0 Å². The Bertz CT molecular complexity index is 649. The molecule has 1 amide bonds. The van der Waals surface area contributed by atoms with Crippen LogP contribution in [0.15, 0.2) is 24.5 Å². The molecule has 0 saturated heterocycles. The van der Waals surface area contributed by atoms with E-state index in [-0.39, 0.29) is 28.8 Å². The number of carbonyl (C=O) groups excluding carboxylic acids is 1. The third-order valence-corrected chi connectivity index (χ3v) is 4.15. The zero-order valence-corrected chi connectivity index (χ0v) is 13.9. The molecule has 2 rings (SSSR count). The van der Waals surface area contributed by atoms with Gasteiger partial charge in [-0.1, -0.05) is 41.4 Å². The van der Waals surface area contributed by atoms with E-state index in [1.165, 1.54) is 6.33 Å². The molecule has 0 unspecified atom stereocenters. The van der Waals surface area contributed by atoms with Gasteiger partial charge >= 0.3 is 0 Å². The summed E-state index contributed by atoms with van der Waals surface area (Å²) in [4.78, 5) is 17.7. The van der Waals surface area contributed by atoms with Crippen LogP contribution in [0.4, 0.5) is 5.69 Å². The Balaban J connectivity index is 2.45. The lowest BCUT2D eigenvalue weighted by atomic mass is 10.1. The summed E-state index contributed by atoms with van der Waals surface area (Å²) in [6.45, 7) is 4.09. The highest BCUT2D eigenvalue weighted by Crippen LogP contribution is 2.27. The molecule has 0 atom stereocenters. The van der Waals surface area contributed by atoms with E-state index >= 15 is 0 Å². The van der Waals surface area contributed by atoms with Crippen LogP contribution in [-0.2, 0) is 11.5 Å². The Morgan fingerprint density at radius 3 is 2.38 bits per heavy atom. The van der Waals surface area contributed by atoms with Crippen LogP contribution in [0.2, 0.25) is 10.3 Å². The van der Waals surface area contributed by atoms with E-state index in [2.05, 4.69) is 4.98 Å². The maximum atomic E-state index is 12.2. The van der Waals surface area contributed by atoms with Crippen molar-refractivity contribution in [2.75, 3.05) is 10.8 Å². The fraction of sp³-hybridized carbons (Fsp3) is 0.286. The average Bonchev–Trinajstić information content (AvgIpc) is 2.77. The standard InChI is InChI=1S/C14H14Cl3N3O/c1-9-4-3-5-10(2)12(9)20(11(21)6-15)8-19-7-18-13(16)14(19)17/h3-5,7H,6,8H2,1-2H3. The molecule has 0 N–H and O–H groups in total. The minimum Gasteiger partial charge on any atom is -0.301 e. The van der Waals surface area contributed by atoms with Crippen LogP contribution in [0.25, 0.3) is 0 Å². The van der Waals surface area contributed by atoms with Crippen molar-refractivity contribution in [2.45, 2.75) is 20.5 Å². The Labute approximate surface area is 138 Å². The molecule has 0 radical (unpaired) electrons. The number of hydrogen-bond acceptors (Lipinski definition) is 2. The van der Waals surface area contributed by atoms with Crippen molar-refractivity contribution in [1.82, 2.24) is 9.55 Å². The van der Waals surface area contributed by atoms with Gasteiger partial charge in [0.25, 0.3) is 0 Å². The molecule has 0 spiro atoms. The molecule has 1 aromatic heterocycles. The van der Waals surface area contributed by atoms with Crippen molar-refractivity contribution in [1.29, 1.82) is 0 Å². The van der Waals surface area contributed by atoms with Gasteiger partial charge in [-0.2, -0.15) is 0 Å². The zero-order chi connectivity index (χ0) is 15.6. The number of hydrogen-bond donors (Lipinski definition) is 0. The Morgan fingerprint density at radius 2 is 1.90 bits per heavy atom. The second kappa shape index (κ2) is 6.69. The first-order valence-corrected chi connectivity index (χ1v) is 7.53. The molecule has 0 fully saturated rings. The highest BCUT2D eigenvalue weighted by Gasteiger charge is 2.20. The Kier molecular flexibility index (Phi) is 5.14. The van der Waals surface area contributed by atoms with Gasteiger partial charge in [0.15, 0.2) is 5.15 Å². The second-order valence-electron chi connectivity index (χ2n) is 4.63. The van der Waals surface area contributed by atoms with E-state index in [9.17, 15) is 4.79 Å². The summed E-state index contributed by atoms with van der Waals surface area (Å²) in [5.74, 6) is -0.330. The van der Waals surface area contributed by atoms with E-state index < -0.39 is 0 Å². The van der Waals surface area contributed by atoms with E-state index in [1.54, 1.807) is 9.47 Å². The summed E-state index contributed by atoms with van der Waals surface area (Å²) in [7, 11) is 0. The van der Waals surface area contributed by atoms with E-state index in [1.807, 2.05) is 32.0 Å². The number of halogens is 3. The molecular weight excluding hydrogens is 333 g/mol. The van der Waals surface area contributed by atoms with Gasteiger partial charge in [0.1, 0.15) is 17.7 Å². The number of carbonyl (C=O) groups is 1. The lowest BCUT2D eigenvalue weighted by Crippen LogP contribution is -2.34. The summed E-state index contributed by atoms with van der Waals surface area (Å²) >= 11 is 17.6. The van der Waals surface area contributed by atoms with Gasteiger partial charge in [0, 0.05) is 0 Å². The highest BCUT2D eigenvalue weighted by molar-refractivity contribution is 6.40. The van der Waals surface area contributed by atoms with Gasteiger partial charge in [-0.25, -0.2) is 4.98 Å². The van der Waals surface area contributed by atoms with Crippen molar-refractivity contribution in [3.63, 3.8) is 0 Å². The smallest absolute Gasteiger partial charge is 0.243 e. The number of amides is 1. The van der Waals surface area contributed by atoms with Crippen molar-refractivity contribution in [2.24, 2.45) is 0 Å². The zero-order valence-electron chi connectivity index (χ0n) is 11.6. The topological polar surface area (TPSA) is 38.1 Å². The molecule has 4 nitrogen and oxygen atoms in total. The summed E-state index contributed by atoms with van der Waals surface area (Å²) < 4.78 is 1.60. The molecule has 0 aliphatic rings. The van der Waals surface area contributed by atoms with E-state index in [4.69, 9.17) is 34.8 Å². The number of imidazole rings is 1. The van der Waals surface area contributed by atoms with Crippen molar-refractivity contribution < 1.29 is 4.79 Å². The lowest BCUT2D eigenvalue weighted by molar-refractivity contribution is -0.116. The predicted octanol–water partition coefficient (Wildman–Crippen LogP) is 4.04. The normalized spacial score (nSPS) is 10.7. The largest absolute Gasteiger partial charge is 0.301 e. The van der Waals surface area contributed by atoms with Crippen LogP contribution in [0, 0.1) is 13.8 Å². The van der Waals surface area contributed by atoms with Gasteiger partial charge in [-0.3, -0.25) is 9.69 Å².